The standard InChI is InChI=1S/C15H25ClN2S/c1-4-15(3)7-9-18(10-8-15)14(11(2)17)12-5-6-13(16)19-12/h5-6,11,14H,4,7-10,17H2,1-3H3. The topological polar surface area (TPSA) is 29.3 Å². The molecule has 0 saturated carbocycles. The number of nitrogens with zero attached hydrogens (tertiary/aromatic N) is 1. The molecule has 0 aromatic carbocycles. The zero-order valence-corrected chi connectivity index (χ0v) is 13.7. The lowest BCUT2D eigenvalue weighted by molar-refractivity contribution is 0.0735. The van der Waals surface area contributed by atoms with E-state index >= 15 is 0 Å². The fourth-order valence-electron chi connectivity index (χ4n) is 2.95. The number of hydrogen-bond donors (Lipinski definition) is 1. The van der Waals surface area contributed by atoms with Crippen LogP contribution in [0.15, 0.2) is 12.1 Å². The molecule has 0 bridgehead atoms. The van der Waals surface area contributed by atoms with Crippen LogP contribution in [0.5, 0.6) is 0 Å². The van der Waals surface area contributed by atoms with Gasteiger partial charge in [0.15, 0.2) is 0 Å². The number of piperidine rings is 1. The number of rotatable bonds is 4. The van der Waals surface area contributed by atoms with Gasteiger partial charge in [0.1, 0.15) is 0 Å². The summed E-state index contributed by atoms with van der Waals surface area (Å²) in [6.07, 6.45) is 3.81. The number of hydrogen-bond acceptors (Lipinski definition) is 3. The van der Waals surface area contributed by atoms with E-state index in [1.807, 2.05) is 6.07 Å². The van der Waals surface area contributed by atoms with Crippen molar-refractivity contribution in [3.63, 3.8) is 0 Å². The van der Waals surface area contributed by atoms with Crippen LogP contribution < -0.4 is 5.73 Å². The molecular weight excluding hydrogens is 276 g/mol. The fraction of sp³-hybridized carbons (Fsp3) is 0.733. The first-order valence-electron chi connectivity index (χ1n) is 7.20. The van der Waals surface area contributed by atoms with Crippen molar-refractivity contribution in [3.8, 4) is 0 Å². The van der Waals surface area contributed by atoms with Gasteiger partial charge < -0.3 is 5.73 Å². The van der Waals surface area contributed by atoms with E-state index < -0.39 is 0 Å². The molecule has 2 nitrogen and oxygen atoms in total. The van der Waals surface area contributed by atoms with Crippen molar-refractivity contribution in [3.05, 3.63) is 21.3 Å². The highest BCUT2D eigenvalue weighted by Crippen LogP contribution is 2.39. The van der Waals surface area contributed by atoms with Gasteiger partial charge in [0.05, 0.1) is 10.4 Å². The van der Waals surface area contributed by atoms with Crippen molar-refractivity contribution in [2.45, 2.75) is 52.1 Å². The van der Waals surface area contributed by atoms with Crippen LogP contribution in [0.25, 0.3) is 0 Å². The molecule has 1 saturated heterocycles. The van der Waals surface area contributed by atoms with Crippen LogP contribution in [-0.2, 0) is 0 Å². The molecule has 19 heavy (non-hydrogen) atoms. The molecule has 2 atom stereocenters. The van der Waals surface area contributed by atoms with Crippen molar-refractivity contribution < 1.29 is 0 Å². The maximum absolute atomic E-state index is 6.23. The summed E-state index contributed by atoms with van der Waals surface area (Å²) in [7, 11) is 0. The van der Waals surface area contributed by atoms with Crippen molar-refractivity contribution in [2.75, 3.05) is 13.1 Å². The molecule has 2 rings (SSSR count). The Morgan fingerprint density at radius 3 is 2.47 bits per heavy atom. The number of halogens is 1. The molecular formula is C15H25ClN2S. The predicted octanol–water partition coefficient (Wildman–Crippen LogP) is 4.30. The zero-order valence-electron chi connectivity index (χ0n) is 12.2. The highest BCUT2D eigenvalue weighted by atomic mass is 35.5. The maximum Gasteiger partial charge on any atom is 0.0931 e. The Labute approximate surface area is 125 Å². The summed E-state index contributed by atoms with van der Waals surface area (Å²) in [5, 5.41) is 0. The van der Waals surface area contributed by atoms with Crippen LogP contribution in [0.3, 0.4) is 0 Å². The number of thiophene rings is 1. The Morgan fingerprint density at radius 1 is 1.42 bits per heavy atom. The van der Waals surface area contributed by atoms with Gasteiger partial charge in [-0.15, -0.1) is 11.3 Å². The largest absolute Gasteiger partial charge is 0.326 e. The highest BCUT2D eigenvalue weighted by molar-refractivity contribution is 7.16. The second-order valence-electron chi connectivity index (χ2n) is 6.15. The third-order valence-corrected chi connectivity index (χ3v) is 5.94. The molecule has 2 N–H and O–H groups in total. The van der Waals surface area contributed by atoms with Gasteiger partial charge in [0.2, 0.25) is 0 Å². The van der Waals surface area contributed by atoms with Gasteiger partial charge in [0.25, 0.3) is 0 Å². The summed E-state index contributed by atoms with van der Waals surface area (Å²) in [4.78, 5) is 3.85. The Morgan fingerprint density at radius 2 is 2.05 bits per heavy atom. The van der Waals surface area contributed by atoms with Crippen LogP contribution in [0.2, 0.25) is 4.34 Å². The maximum atomic E-state index is 6.23. The van der Waals surface area contributed by atoms with E-state index in [2.05, 4.69) is 31.7 Å². The molecule has 0 amide bonds. The minimum Gasteiger partial charge on any atom is -0.326 e. The molecule has 2 heterocycles. The molecule has 1 aliphatic heterocycles. The Bertz CT molecular complexity index is 408. The third kappa shape index (κ3) is 3.52. The Balaban J connectivity index is 2.10. The lowest BCUT2D eigenvalue weighted by Crippen LogP contribution is -2.45. The fourth-order valence-corrected chi connectivity index (χ4v) is 4.27. The molecule has 0 aliphatic carbocycles. The van der Waals surface area contributed by atoms with Crippen LogP contribution in [0.4, 0.5) is 0 Å². The average molecular weight is 301 g/mol. The Hall–Kier alpha value is -0.0900. The number of nitrogens with two attached hydrogens (primary N) is 1. The summed E-state index contributed by atoms with van der Waals surface area (Å²) >= 11 is 7.74. The Kier molecular flexibility index (Phi) is 4.93. The summed E-state index contributed by atoms with van der Waals surface area (Å²) in [5.74, 6) is 0. The second kappa shape index (κ2) is 6.13. The predicted molar refractivity (Wildman–Crippen MR) is 84.9 cm³/mol. The normalized spacial score (nSPS) is 23.2. The van der Waals surface area contributed by atoms with Crippen molar-refractivity contribution in [1.82, 2.24) is 4.90 Å². The van der Waals surface area contributed by atoms with Gasteiger partial charge >= 0.3 is 0 Å². The molecule has 0 spiro atoms. The second-order valence-corrected chi connectivity index (χ2v) is 7.89. The quantitative estimate of drug-likeness (QED) is 0.898. The van der Waals surface area contributed by atoms with Crippen molar-refractivity contribution >= 4 is 22.9 Å². The average Bonchev–Trinajstić information content (AvgIpc) is 2.78. The van der Waals surface area contributed by atoms with Gasteiger partial charge in [0, 0.05) is 10.9 Å². The summed E-state index contributed by atoms with van der Waals surface area (Å²) in [6, 6.07) is 4.57. The molecule has 0 radical (unpaired) electrons. The first kappa shape index (κ1) is 15.3. The van der Waals surface area contributed by atoms with Crippen LogP contribution >= 0.6 is 22.9 Å². The summed E-state index contributed by atoms with van der Waals surface area (Å²) in [5.41, 5.74) is 6.75. The van der Waals surface area contributed by atoms with Crippen LogP contribution in [-0.4, -0.2) is 24.0 Å². The van der Waals surface area contributed by atoms with Crippen LogP contribution in [0.1, 0.15) is 51.0 Å². The van der Waals surface area contributed by atoms with E-state index in [9.17, 15) is 0 Å². The van der Waals surface area contributed by atoms with E-state index in [1.54, 1.807) is 11.3 Å². The van der Waals surface area contributed by atoms with E-state index in [0.717, 1.165) is 17.4 Å². The highest BCUT2D eigenvalue weighted by Gasteiger charge is 2.33. The zero-order chi connectivity index (χ0) is 14.0. The monoisotopic (exact) mass is 300 g/mol. The van der Waals surface area contributed by atoms with Gasteiger partial charge in [-0.2, -0.15) is 0 Å². The molecule has 4 heteroatoms. The van der Waals surface area contributed by atoms with E-state index in [4.69, 9.17) is 17.3 Å². The lowest BCUT2D eigenvalue weighted by atomic mass is 9.77. The van der Waals surface area contributed by atoms with Gasteiger partial charge in [-0.05, 0) is 50.4 Å². The van der Waals surface area contributed by atoms with Crippen molar-refractivity contribution in [1.29, 1.82) is 0 Å². The lowest BCUT2D eigenvalue weighted by Gasteiger charge is -2.43. The molecule has 1 aromatic rings. The molecule has 1 aliphatic rings. The minimum absolute atomic E-state index is 0.140. The van der Waals surface area contributed by atoms with Gasteiger partial charge in [-0.25, -0.2) is 0 Å². The van der Waals surface area contributed by atoms with E-state index in [1.165, 1.54) is 24.1 Å². The molecule has 1 aromatic heterocycles. The SMILES string of the molecule is CCC1(C)CCN(C(c2ccc(Cl)s2)C(C)N)CC1. The summed E-state index contributed by atoms with van der Waals surface area (Å²) in [6.45, 7) is 9.11. The van der Waals surface area contributed by atoms with Gasteiger partial charge in [-0.1, -0.05) is 31.9 Å². The van der Waals surface area contributed by atoms with Crippen molar-refractivity contribution in [2.24, 2.45) is 11.1 Å². The minimum atomic E-state index is 0.140. The van der Waals surface area contributed by atoms with E-state index in [0.29, 0.717) is 11.5 Å². The smallest absolute Gasteiger partial charge is 0.0931 e. The van der Waals surface area contributed by atoms with Crippen LogP contribution in [0, 0.1) is 5.41 Å². The molecule has 108 valence electrons. The number of likely N-dealkylation sites (tertiary alicyclic amines) is 1. The first-order chi connectivity index (χ1) is 8.95. The molecule has 1 fully saturated rings. The third-order valence-electron chi connectivity index (χ3n) is 4.64. The summed E-state index contributed by atoms with van der Waals surface area (Å²) < 4.78 is 0.857. The van der Waals surface area contributed by atoms with E-state index in [-0.39, 0.29) is 6.04 Å². The van der Waals surface area contributed by atoms with Gasteiger partial charge in [-0.3, -0.25) is 4.90 Å². The first-order valence-corrected chi connectivity index (χ1v) is 8.39. The molecule has 2 unspecified atom stereocenters.